The van der Waals surface area contributed by atoms with Crippen molar-refractivity contribution in [3.63, 3.8) is 0 Å². The lowest BCUT2D eigenvalue weighted by atomic mass is 9.64. The van der Waals surface area contributed by atoms with E-state index in [1.54, 1.807) is 30.2 Å². The van der Waals surface area contributed by atoms with E-state index in [-0.39, 0.29) is 59.5 Å². The van der Waals surface area contributed by atoms with Gasteiger partial charge in [-0.15, -0.1) is 0 Å². The molecule has 0 radical (unpaired) electrons. The van der Waals surface area contributed by atoms with E-state index >= 15 is 0 Å². The van der Waals surface area contributed by atoms with E-state index in [0.717, 1.165) is 23.5 Å². The molecular formula is C46H65N5O8. The minimum atomic E-state index is -0.956. The fourth-order valence-corrected chi connectivity index (χ4v) is 8.87. The Bertz CT molecular complexity index is 1910. The number of likely N-dealkylation sites (N-methyl/N-ethyl adjacent to an activating group) is 1. The minimum Gasteiger partial charge on any atom is -0.496 e. The van der Waals surface area contributed by atoms with Gasteiger partial charge in [0.2, 0.25) is 5.91 Å². The number of methoxy groups -OCH3 is 1. The van der Waals surface area contributed by atoms with Gasteiger partial charge in [-0.1, -0.05) is 76.2 Å². The van der Waals surface area contributed by atoms with Crippen molar-refractivity contribution in [2.45, 2.75) is 90.8 Å². The summed E-state index contributed by atoms with van der Waals surface area (Å²) in [5.41, 5.74) is 3.55. The highest BCUT2D eigenvalue weighted by molar-refractivity contribution is 6.01. The molecule has 4 N–H and O–H groups in total. The SMILES string of the molecule is COc1c(CN2O[C@@H](CO)[C@@H]([C@H](C)O)[C@H]2C(=O)N[C@H]2C[C@@H](C)C(C)(C)C[C@@H]2C)cccc1-c1cc(C(=O)N[C@@H](Cc2ccccc2)CN(C)C)cc(C(=O)N(C)OC)c1. The first kappa shape index (κ1) is 45.7. The van der Waals surface area contributed by atoms with Crippen LogP contribution in [0.5, 0.6) is 5.75 Å². The number of aliphatic hydroxyl groups is 2. The number of nitrogens with zero attached hydrogens (tertiary/aromatic N) is 3. The summed E-state index contributed by atoms with van der Waals surface area (Å²) in [6, 6.07) is 19.3. The maximum absolute atomic E-state index is 14.3. The lowest BCUT2D eigenvalue weighted by Gasteiger charge is -2.45. The minimum absolute atomic E-state index is 0.0527. The zero-order chi connectivity index (χ0) is 43.2. The van der Waals surface area contributed by atoms with Crippen molar-refractivity contribution >= 4 is 17.7 Å². The smallest absolute Gasteiger partial charge is 0.277 e. The van der Waals surface area contributed by atoms with Gasteiger partial charge in [0.05, 0.1) is 33.5 Å². The molecule has 1 saturated heterocycles. The summed E-state index contributed by atoms with van der Waals surface area (Å²) >= 11 is 0. The van der Waals surface area contributed by atoms with Gasteiger partial charge in [0.25, 0.3) is 11.8 Å². The third kappa shape index (κ3) is 10.9. The summed E-state index contributed by atoms with van der Waals surface area (Å²) in [6.07, 6.45) is 0.636. The van der Waals surface area contributed by atoms with Crippen LogP contribution in [-0.4, -0.2) is 122 Å². The highest BCUT2D eigenvalue weighted by Crippen LogP contribution is 2.44. The number of aliphatic hydroxyl groups excluding tert-OH is 2. The van der Waals surface area contributed by atoms with Crippen LogP contribution >= 0.6 is 0 Å². The van der Waals surface area contributed by atoms with Crippen LogP contribution in [0.15, 0.2) is 66.7 Å². The van der Waals surface area contributed by atoms with E-state index in [1.165, 1.54) is 21.3 Å². The molecule has 1 aliphatic heterocycles. The molecular weight excluding hydrogens is 751 g/mol. The molecule has 0 aromatic heterocycles. The monoisotopic (exact) mass is 815 g/mol. The second-order valence-corrected chi connectivity index (χ2v) is 17.5. The first-order chi connectivity index (χ1) is 28.0. The van der Waals surface area contributed by atoms with Gasteiger partial charge < -0.3 is 30.5 Å². The predicted molar refractivity (Wildman–Crippen MR) is 227 cm³/mol. The quantitative estimate of drug-likeness (QED) is 0.146. The lowest BCUT2D eigenvalue weighted by molar-refractivity contribution is -0.182. The zero-order valence-corrected chi connectivity index (χ0v) is 36.4. The van der Waals surface area contributed by atoms with Crippen molar-refractivity contribution in [3.05, 3.63) is 89.0 Å². The van der Waals surface area contributed by atoms with Crippen LogP contribution in [0, 0.1) is 23.2 Å². The summed E-state index contributed by atoms with van der Waals surface area (Å²) < 4.78 is 6.07. The van der Waals surface area contributed by atoms with E-state index in [1.807, 2.05) is 67.5 Å². The molecule has 0 spiro atoms. The predicted octanol–water partition coefficient (Wildman–Crippen LogP) is 4.95. The number of nitrogens with one attached hydrogen (secondary N) is 2. The molecule has 0 unspecified atom stereocenters. The standard InChI is InChI=1S/C46H65N5O8/c1-28-24-46(4,5)29(2)19-38(28)48-44(55)41-40(30(3)53)39(27-52)59-51(41)25-32-17-14-18-37(42(32)57-9)33-21-34(23-35(22-33)45(56)50(8)58-10)43(54)47-36(26-49(6)7)20-31-15-12-11-13-16-31/h11-18,21-23,28-30,36,38-41,52-53H,19-20,24-27H2,1-10H3,(H,47,54)(H,48,55)/t28-,29+,30-,36-,38-,39-,40+,41-/m0/s1. The molecule has 13 nitrogen and oxygen atoms in total. The Kier molecular flexibility index (Phi) is 15.3. The maximum Gasteiger partial charge on any atom is 0.277 e. The number of hydrogen-bond acceptors (Lipinski definition) is 10. The van der Waals surface area contributed by atoms with E-state index in [0.29, 0.717) is 41.3 Å². The largest absolute Gasteiger partial charge is 0.496 e. The summed E-state index contributed by atoms with van der Waals surface area (Å²) in [6.45, 7) is 10.8. The van der Waals surface area contributed by atoms with Crippen LogP contribution < -0.4 is 15.4 Å². The van der Waals surface area contributed by atoms with Crippen LogP contribution in [0.2, 0.25) is 0 Å². The molecule has 1 heterocycles. The molecule has 59 heavy (non-hydrogen) atoms. The number of ether oxygens (including phenoxy) is 1. The van der Waals surface area contributed by atoms with Crippen molar-refractivity contribution in [2.75, 3.05) is 48.5 Å². The van der Waals surface area contributed by atoms with Gasteiger partial charge >= 0.3 is 0 Å². The van der Waals surface area contributed by atoms with Crippen molar-refractivity contribution in [3.8, 4) is 16.9 Å². The van der Waals surface area contributed by atoms with Gasteiger partial charge in [-0.05, 0) is 86.9 Å². The third-order valence-electron chi connectivity index (χ3n) is 12.4. The van der Waals surface area contributed by atoms with E-state index in [4.69, 9.17) is 14.4 Å². The lowest BCUT2D eigenvalue weighted by Crippen LogP contribution is -2.55. The summed E-state index contributed by atoms with van der Waals surface area (Å²) in [5.74, 6) is -0.680. The fourth-order valence-electron chi connectivity index (χ4n) is 8.87. The van der Waals surface area contributed by atoms with Crippen LogP contribution in [0.25, 0.3) is 11.1 Å². The zero-order valence-electron chi connectivity index (χ0n) is 36.4. The van der Waals surface area contributed by atoms with Gasteiger partial charge in [0.1, 0.15) is 17.9 Å². The molecule has 0 bridgehead atoms. The Morgan fingerprint density at radius 1 is 1.00 bits per heavy atom. The maximum atomic E-state index is 14.3. The van der Waals surface area contributed by atoms with Crippen LogP contribution in [0.1, 0.15) is 79.3 Å². The average molecular weight is 816 g/mol. The summed E-state index contributed by atoms with van der Waals surface area (Å²) in [4.78, 5) is 55.5. The van der Waals surface area contributed by atoms with Crippen LogP contribution in [-0.2, 0) is 27.4 Å². The number of rotatable bonds is 16. The Hall–Kier alpha value is -4.37. The van der Waals surface area contributed by atoms with Gasteiger partial charge in [-0.25, -0.2) is 5.06 Å². The topological polar surface area (TPSA) is 153 Å². The number of hydrogen-bond donors (Lipinski definition) is 4. The molecule has 3 aromatic carbocycles. The normalized spacial score (nSPS) is 24.0. The molecule has 1 saturated carbocycles. The van der Waals surface area contributed by atoms with E-state index in [9.17, 15) is 24.6 Å². The van der Waals surface area contributed by atoms with Gasteiger partial charge in [-0.2, -0.15) is 5.06 Å². The Balaban J connectivity index is 1.50. The van der Waals surface area contributed by atoms with Crippen LogP contribution in [0.3, 0.4) is 0 Å². The second kappa shape index (κ2) is 19.8. The molecule has 13 heteroatoms. The number of para-hydroxylation sites is 1. The van der Waals surface area contributed by atoms with Gasteiger partial charge in [0, 0.05) is 53.8 Å². The first-order valence-corrected chi connectivity index (χ1v) is 20.6. The Morgan fingerprint density at radius 3 is 2.32 bits per heavy atom. The van der Waals surface area contributed by atoms with Crippen molar-refractivity contribution < 1.29 is 39.0 Å². The number of hydroxylamine groups is 4. The summed E-state index contributed by atoms with van der Waals surface area (Å²) in [7, 11) is 8.34. The van der Waals surface area contributed by atoms with Crippen LogP contribution in [0.4, 0.5) is 0 Å². The highest BCUT2D eigenvalue weighted by Gasteiger charge is 2.50. The van der Waals surface area contributed by atoms with E-state index in [2.05, 4.69) is 38.3 Å². The molecule has 2 aliphatic rings. The highest BCUT2D eigenvalue weighted by atomic mass is 16.7. The van der Waals surface area contributed by atoms with Crippen molar-refractivity contribution in [1.82, 2.24) is 25.7 Å². The van der Waals surface area contributed by atoms with Gasteiger partial charge in [-0.3, -0.25) is 24.1 Å². The fraction of sp³-hybridized carbons (Fsp3) is 0.543. The number of carbonyl (C=O) groups excluding carboxylic acids is 3. The molecule has 8 atom stereocenters. The average Bonchev–Trinajstić information content (AvgIpc) is 3.57. The molecule has 1 aliphatic carbocycles. The van der Waals surface area contributed by atoms with Gasteiger partial charge in [0.15, 0.2) is 0 Å². The molecule has 322 valence electrons. The number of carbonyl (C=O) groups is 3. The second-order valence-electron chi connectivity index (χ2n) is 17.5. The molecule has 3 amide bonds. The van der Waals surface area contributed by atoms with Crippen molar-refractivity contribution in [1.29, 1.82) is 0 Å². The Morgan fingerprint density at radius 2 is 1.69 bits per heavy atom. The first-order valence-electron chi connectivity index (χ1n) is 20.6. The third-order valence-corrected chi connectivity index (χ3v) is 12.4. The van der Waals surface area contributed by atoms with E-state index < -0.39 is 30.1 Å². The molecule has 2 fully saturated rings. The number of benzene rings is 3. The summed E-state index contributed by atoms with van der Waals surface area (Å²) in [5, 5.41) is 30.5. The Labute approximate surface area is 349 Å². The molecule has 3 aromatic rings. The van der Waals surface area contributed by atoms with Crippen molar-refractivity contribution in [2.24, 2.45) is 23.2 Å². The molecule has 5 rings (SSSR count). The number of amides is 3.